The van der Waals surface area contributed by atoms with Gasteiger partial charge in [0.1, 0.15) is 19.0 Å². The van der Waals surface area contributed by atoms with Crippen LogP contribution in [-0.2, 0) is 17.9 Å². The first-order valence-corrected chi connectivity index (χ1v) is 10.8. The van der Waals surface area contributed by atoms with E-state index in [0.717, 1.165) is 5.56 Å². The average molecular weight is 495 g/mol. The molecule has 0 unspecified atom stereocenters. The second kappa shape index (κ2) is 11.2. The molecule has 1 amide bonds. The Labute approximate surface area is 205 Å². The van der Waals surface area contributed by atoms with Crippen LogP contribution in [0, 0.1) is 5.82 Å². The number of nitrogens with one attached hydrogen (secondary N) is 1. The van der Waals surface area contributed by atoms with Crippen molar-refractivity contribution in [3.05, 3.63) is 88.7 Å². The van der Waals surface area contributed by atoms with Gasteiger partial charge < -0.3 is 9.47 Å². The highest BCUT2D eigenvalue weighted by molar-refractivity contribution is 6.31. The summed E-state index contributed by atoms with van der Waals surface area (Å²) < 4.78 is 25.0. The smallest absolute Gasteiger partial charge is 0.263 e. The number of rotatable bonds is 9. The number of tetrazole rings is 1. The van der Waals surface area contributed by atoms with Crippen molar-refractivity contribution in [3.8, 4) is 22.9 Å². The van der Waals surface area contributed by atoms with Crippen LogP contribution in [0.15, 0.2) is 71.8 Å². The molecule has 11 heteroatoms. The molecule has 178 valence electrons. The number of hydrazone groups is 1. The van der Waals surface area contributed by atoms with Crippen LogP contribution in [0.25, 0.3) is 11.4 Å². The largest absolute Gasteiger partial charge is 0.493 e. The van der Waals surface area contributed by atoms with Crippen LogP contribution < -0.4 is 14.9 Å². The Balaban J connectivity index is 1.33. The SMILES string of the molecule is COc1cc(/C=N\NC(=O)Cn2nnc(-c3ccccc3)n2)ccc1OCc1c(F)cccc1Cl. The maximum Gasteiger partial charge on any atom is 0.263 e. The van der Waals surface area contributed by atoms with Gasteiger partial charge in [-0.15, -0.1) is 10.2 Å². The number of hydrogen-bond acceptors (Lipinski definition) is 7. The van der Waals surface area contributed by atoms with Gasteiger partial charge in [-0.2, -0.15) is 9.90 Å². The van der Waals surface area contributed by atoms with Crippen LogP contribution in [0.5, 0.6) is 11.5 Å². The summed E-state index contributed by atoms with van der Waals surface area (Å²) in [4.78, 5) is 13.3. The summed E-state index contributed by atoms with van der Waals surface area (Å²) in [6.45, 7) is -0.209. The first-order chi connectivity index (χ1) is 17.0. The van der Waals surface area contributed by atoms with Gasteiger partial charge in [0.15, 0.2) is 11.5 Å². The summed E-state index contributed by atoms with van der Waals surface area (Å²) in [5.41, 5.74) is 4.11. The lowest BCUT2D eigenvalue weighted by Gasteiger charge is -2.12. The van der Waals surface area contributed by atoms with Crippen LogP contribution in [0.3, 0.4) is 0 Å². The number of ether oxygens (including phenoxy) is 2. The van der Waals surface area contributed by atoms with Gasteiger partial charge >= 0.3 is 0 Å². The molecule has 3 aromatic carbocycles. The fraction of sp³-hybridized carbons (Fsp3) is 0.125. The van der Waals surface area contributed by atoms with E-state index in [-0.39, 0.29) is 23.7 Å². The van der Waals surface area contributed by atoms with Gasteiger partial charge in [0.2, 0.25) is 5.82 Å². The van der Waals surface area contributed by atoms with Gasteiger partial charge in [0.05, 0.1) is 18.3 Å². The summed E-state index contributed by atoms with van der Waals surface area (Å²) >= 11 is 6.04. The summed E-state index contributed by atoms with van der Waals surface area (Å²) in [5, 5.41) is 16.2. The first-order valence-electron chi connectivity index (χ1n) is 10.4. The highest BCUT2D eigenvalue weighted by atomic mass is 35.5. The van der Waals surface area contributed by atoms with E-state index in [2.05, 4.69) is 25.9 Å². The molecule has 0 fully saturated rings. The Kier molecular flexibility index (Phi) is 7.63. The highest BCUT2D eigenvalue weighted by Crippen LogP contribution is 2.29. The third-order valence-electron chi connectivity index (χ3n) is 4.79. The second-order valence-corrected chi connectivity index (χ2v) is 7.61. The zero-order valence-corrected chi connectivity index (χ0v) is 19.3. The van der Waals surface area contributed by atoms with Crippen LogP contribution in [0.2, 0.25) is 5.02 Å². The first kappa shape index (κ1) is 23.8. The standard InChI is InChI=1S/C24H20ClFN6O3/c1-34-22-12-16(10-11-21(22)35-15-18-19(25)8-5-9-20(18)26)13-27-28-23(33)14-32-30-24(29-31-32)17-6-3-2-4-7-17/h2-13H,14-15H2,1H3,(H,28,33)/b27-13-. The van der Waals surface area contributed by atoms with Gasteiger partial charge in [0.25, 0.3) is 5.91 Å². The van der Waals surface area contributed by atoms with Gasteiger partial charge in [-0.25, -0.2) is 9.82 Å². The molecule has 1 N–H and O–H groups in total. The number of aromatic nitrogens is 4. The van der Waals surface area contributed by atoms with E-state index < -0.39 is 11.7 Å². The maximum absolute atomic E-state index is 14.0. The third-order valence-corrected chi connectivity index (χ3v) is 5.15. The number of carbonyl (C=O) groups excluding carboxylic acids is 1. The summed E-state index contributed by atoms with van der Waals surface area (Å²) in [6, 6.07) is 18.8. The lowest BCUT2D eigenvalue weighted by atomic mass is 10.2. The van der Waals surface area contributed by atoms with Crippen molar-refractivity contribution in [2.45, 2.75) is 13.2 Å². The van der Waals surface area contributed by atoms with E-state index in [1.807, 2.05) is 30.3 Å². The predicted octanol–water partition coefficient (Wildman–Crippen LogP) is 3.87. The Bertz CT molecular complexity index is 1330. The van der Waals surface area contributed by atoms with Crippen molar-refractivity contribution in [1.82, 2.24) is 25.6 Å². The number of hydrogen-bond donors (Lipinski definition) is 1. The molecule has 0 radical (unpaired) electrons. The molecule has 0 spiro atoms. The quantitative estimate of drug-likeness (QED) is 0.280. The van der Waals surface area contributed by atoms with E-state index in [4.69, 9.17) is 21.1 Å². The summed E-state index contributed by atoms with van der Waals surface area (Å²) in [6.07, 6.45) is 1.45. The minimum absolute atomic E-state index is 0.0618. The Hall–Kier alpha value is -4.31. The van der Waals surface area contributed by atoms with Crippen LogP contribution in [0.1, 0.15) is 11.1 Å². The number of carbonyl (C=O) groups is 1. The number of benzene rings is 3. The average Bonchev–Trinajstić information content (AvgIpc) is 3.33. The number of methoxy groups -OCH3 is 1. The number of nitrogens with zero attached hydrogens (tertiary/aromatic N) is 5. The lowest BCUT2D eigenvalue weighted by Crippen LogP contribution is -2.24. The maximum atomic E-state index is 14.0. The van der Waals surface area contributed by atoms with E-state index in [1.54, 1.807) is 24.3 Å². The number of amides is 1. The van der Waals surface area contributed by atoms with E-state index in [9.17, 15) is 9.18 Å². The zero-order valence-electron chi connectivity index (χ0n) is 18.6. The van der Waals surface area contributed by atoms with Crippen LogP contribution in [0.4, 0.5) is 4.39 Å². The van der Waals surface area contributed by atoms with E-state index >= 15 is 0 Å². The minimum atomic E-state index is -0.451. The summed E-state index contributed by atoms with van der Waals surface area (Å²) in [5.74, 6) is 0.362. The molecule has 9 nitrogen and oxygen atoms in total. The molecule has 1 heterocycles. The fourth-order valence-corrected chi connectivity index (χ4v) is 3.28. The van der Waals surface area contributed by atoms with Gasteiger partial charge in [-0.3, -0.25) is 4.79 Å². The molecule has 35 heavy (non-hydrogen) atoms. The van der Waals surface area contributed by atoms with Crippen LogP contribution >= 0.6 is 11.6 Å². The molecule has 0 aliphatic heterocycles. The Morgan fingerprint density at radius 1 is 1.14 bits per heavy atom. The second-order valence-electron chi connectivity index (χ2n) is 7.20. The monoisotopic (exact) mass is 494 g/mol. The Morgan fingerprint density at radius 2 is 1.97 bits per heavy atom. The minimum Gasteiger partial charge on any atom is -0.493 e. The molecule has 0 atom stereocenters. The van der Waals surface area contributed by atoms with Crippen molar-refractivity contribution < 1.29 is 18.7 Å². The van der Waals surface area contributed by atoms with E-state index in [1.165, 1.54) is 30.3 Å². The molecular formula is C24H20ClFN6O3. The normalized spacial score (nSPS) is 10.9. The molecule has 1 aromatic heterocycles. The lowest BCUT2D eigenvalue weighted by molar-refractivity contribution is -0.122. The third kappa shape index (κ3) is 6.18. The molecule has 0 saturated carbocycles. The molecule has 0 aliphatic rings. The van der Waals surface area contributed by atoms with E-state index in [0.29, 0.717) is 22.9 Å². The van der Waals surface area contributed by atoms with Crippen molar-refractivity contribution in [2.75, 3.05) is 7.11 Å². The van der Waals surface area contributed by atoms with Crippen molar-refractivity contribution in [2.24, 2.45) is 5.10 Å². The molecular weight excluding hydrogens is 475 g/mol. The molecule has 4 rings (SSSR count). The van der Waals surface area contributed by atoms with Crippen molar-refractivity contribution in [1.29, 1.82) is 0 Å². The fourth-order valence-electron chi connectivity index (χ4n) is 3.06. The molecule has 0 saturated heterocycles. The molecule has 0 bridgehead atoms. The highest BCUT2D eigenvalue weighted by Gasteiger charge is 2.11. The van der Waals surface area contributed by atoms with Gasteiger partial charge in [0, 0.05) is 11.1 Å². The summed E-state index contributed by atoms with van der Waals surface area (Å²) in [7, 11) is 1.48. The topological polar surface area (TPSA) is 104 Å². The van der Waals surface area contributed by atoms with Crippen molar-refractivity contribution >= 4 is 23.7 Å². The van der Waals surface area contributed by atoms with Gasteiger partial charge in [-0.1, -0.05) is 48.0 Å². The Morgan fingerprint density at radius 3 is 2.74 bits per heavy atom. The van der Waals surface area contributed by atoms with Crippen LogP contribution in [-0.4, -0.2) is 39.4 Å². The predicted molar refractivity (Wildman–Crippen MR) is 128 cm³/mol. The molecule has 4 aromatic rings. The number of halogens is 2. The molecule has 0 aliphatic carbocycles. The zero-order chi connectivity index (χ0) is 24.6. The van der Waals surface area contributed by atoms with Crippen molar-refractivity contribution in [3.63, 3.8) is 0 Å². The van der Waals surface area contributed by atoms with Gasteiger partial charge in [-0.05, 0) is 41.1 Å².